The minimum absolute atomic E-state index is 0.0981. The molecule has 0 unspecified atom stereocenters. The molecule has 0 spiro atoms. The smallest absolute Gasteiger partial charge is 0.248 e. The molecule has 0 radical (unpaired) electrons. The van der Waals surface area contributed by atoms with Crippen molar-refractivity contribution in [3.05, 3.63) is 35.9 Å². The van der Waals surface area contributed by atoms with Crippen molar-refractivity contribution in [1.29, 1.82) is 0 Å². The molecule has 2 rings (SSSR count). The van der Waals surface area contributed by atoms with E-state index in [9.17, 15) is 4.79 Å². The third-order valence-corrected chi connectivity index (χ3v) is 3.08. The first-order valence-corrected chi connectivity index (χ1v) is 5.63. The summed E-state index contributed by atoms with van der Waals surface area (Å²) in [6.07, 6.45) is 1.06. The van der Waals surface area contributed by atoms with Gasteiger partial charge in [0.1, 0.15) is 6.61 Å². The Morgan fingerprint density at radius 3 is 2.88 bits per heavy atom. The number of amides is 1. The molecular formula is C13H17NO2. The monoisotopic (exact) mass is 219 g/mol. The van der Waals surface area contributed by atoms with E-state index in [2.05, 4.69) is 24.3 Å². The second-order valence-corrected chi connectivity index (χ2v) is 4.17. The molecule has 16 heavy (non-hydrogen) atoms. The van der Waals surface area contributed by atoms with Gasteiger partial charge in [-0.15, -0.1) is 0 Å². The summed E-state index contributed by atoms with van der Waals surface area (Å²) < 4.78 is 4.87. The molecule has 0 aliphatic carbocycles. The van der Waals surface area contributed by atoms with Gasteiger partial charge >= 0.3 is 0 Å². The third kappa shape index (κ3) is 2.42. The maximum atomic E-state index is 11.6. The number of carbonyl (C=O) groups is 1. The average Bonchev–Trinajstić information content (AvgIpc) is 2.80. The first kappa shape index (κ1) is 11.1. The molecule has 1 aliphatic rings. The Balaban J connectivity index is 1.96. The minimum atomic E-state index is 0.0981. The SMILES string of the molecule is COCC(=O)N1CC[C@@H](c2ccccc2)C1. The Morgan fingerprint density at radius 2 is 2.19 bits per heavy atom. The molecule has 1 atom stereocenters. The number of hydrogen-bond acceptors (Lipinski definition) is 2. The van der Waals surface area contributed by atoms with Gasteiger partial charge in [0.25, 0.3) is 0 Å². The highest BCUT2D eigenvalue weighted by Crippen LogP contribution is 2.26. The van der Waals surface area contributed by atoms with Crippen molar-refractivity contribution in [3.8, 4) is 0 Å². The molecule has 1 amide bonds. The van der Waals surface area contributed by atoms with Crippen molar-refractivity contribution in [2.45, 2.75) is 12.3 Å². The fourth-order valence-electron chi connectivity index (χ4n) is 2.20. The molecule has 1 saturated heterocycles. The van der Waals surface area contributed by atoms with Gasteiger partial charge in [0.2, 0.25) is 5.91 Å². The lowest BCUT2D eigenvalue weighted by Crippen LogP contribution is -2.31. The first-order valence-electron chi connectivity index (χ1n) is 5.63. The van der Waals surface area contributed by atoms with Crippen LogP contribution < -0.4 is 0 Å². The van der Waals surface area contributed by atoms with E-state index in [1.54, 1.807) is 7.11 Å². The van der Waals surface area contributed by atoms with Crippen LogP contribution in [0.5, 0.6) is 0 Å². The second kappa shape index (κ2) is 5.12. The standard InChI is InChI=1S/C13H17NO2/c1-16-10-13(15)14-8-7-12(9-14)11-5-3-2-4-6-11/h2-6,12H,7-10H2,1H3/t12-/m1/s1. The number of carbonyl (C=O) groups excluding carboxylic acids is 1. The molecule has 3 heteroatoms. The quantitative estimate of drug-likeness (QED) is 0.773. The van der Waals surface area contributed by atoms with Crippen LogP contribution >= 0.6 is 0 Å². The molecule has 0 bridgehead atoms. The number of ether oxygens (including phenoxy) is 1. The predicted molar refractivity (Wildman–Crippen MR) is 62.3 cm³/mol. The van der Waals surface area contributed by atoms with E-state index in [4.69, 9.17) is 4.74 Å². The average molecular weight is 219 g/mol. The van der Waals surface area contributed by atoms with Crippen LogP contribution in [0.2, 0.25) is 0 Å². The molecule has 0 aromatic heterocycles. The van der Waals surface area contributed by atoms with Gasteiger partial charge < -0.3 is 9.64 Å². The lowest BCUT2D eigenvalue weighted by atomic mass is 9.99. The summed E-state index contributed by atoms with van der Waals surface area (Å²) in [6, 6.07) is 10.4. The lowest BCUT2D eigenvalue weighted by Gasteiger charge is -2.16. The fourth-order valence-corrected chi connectivity index (χ4v) is 2.20. The Morgan fingerprint density at radius 1 is 1.44 bits per heavy atom. The molecule has 1 heterocycles. The summed E-state index contributed by atoms with van der Waals surface area (Å²) in [5.74, 6) is 0.586. The van der Waals surface area contributed by atoms with Crippen molar-refractivity contribution in [2.24, 2.45) is 0 Å². The van der Waals surface area contributed by atoms with Gasteiger partial charge in [-0.1, -0.05) is 30.3 Å². The van der Waals surface area contributed by atoms with Gasteiger partial charge in [-0.25, -0.2) is 0 Å². The third-order valence-electron chi connectivity index (χ3n) is 3.08. The van der Waals surface area contributed by atoms with E-state index in [0.717, 1.165) is 19.5 Å². The number of likely N-dealkylation sites (tertiary alicyclic amines) is 1. The molecule has 3 nitrogen and oxygen atoms in total. The van der Waals surface area contributed by atoms with Gasteiger partial charge in [0.15, 0.2) is 0 Å². The Hall–Kier alpha value is -1.35. The summed E-state index contributed by atoms with van der Waals surface area (Å²) in [5.41, 5.74) is 1.33. The van der Waals surface area contributed by atoms with E-state index in [1.807, 2.05) is 11.0 Å². The van der Waals surface area contributed by atoms with Gasteiger partial charge in [-0.2, -0.15) is 0 Å². The molecular weight excluding hydrogens is 202 g/mol. The van der Waals surface area contributed by atoms with Crippen molar-refractivity contribution in [1.82, 2.24) is 4.90 Å². The normalized spacial score (nSPS) is 20.1. The van der Waals surface area contributed by atoms with Crippen LogP contribution in [0, 0.1) is 0 Å². The Bertz CT molecular complexity index is 350. The molecule has 0 saturated carbocycles. The zero-order valence-corrected chi connectivity index (χ0v) is 9.56. The number of benzene rings is 1. The summed E-state index contributed by atoms with van der Waals surface area (Å²) in [6.45, 7) is 1.87. The number of methoxy groups -OCH3 is 1. The van der Waals surface area contributed by atoms with Crippen LogP contribution in [0.4, 0.5) is 0 Å². The van der Waals surface area contributed by atoms with Crippen LogP contribution in [0.15, 0.2) is 30.3 Å². The number of nitrogens with zero attached hydrogens (tertiary/aromatic N) is 1. The van der Waals surface area contributed by atoms with Gasteiger partial charge in [-0.3, -0.25) is 4.79 Å². The maximum absolute atomic E-state index is 11.6. The molecule has 1 aliphatic heterocycles. The van der Waals surface area contributed by atoms with Crippen LogP contribution in [0.25, 0.3) is 0 Å². The minimum Gasteiger partial charge on any atom is -0.375 e. The van der Waals surface area contributed by atoms with Crippen molar-refractivity contribution in [2.75, 3.05) is 26.8 Å². The molecule has 1 aromatic carbocycles. The highest BCUT2D eigenvalue weighted by molar-refractivity contribution is 5.77. The summed E-state index contributed by atoms with van der Waals surface area (Å²) in [7, 11) is 1.56. The summed E-state index contributed by atoms with van der Waals surface area (Å²) in [5, 5.41) is 0. The molecule has 1 aromatic rings. The zero-order chi connectivity index (χ0) is 11.4. The van der Waals surface area contributed by atoms with Gasteiger partial charge in [0.05, 0.1) is 0 Å². The topological polar surface area (TPSA) is 29.5 Å². The van der Waals surface area contributed by atoms with Crippen LogP contribution in [-0.2, 0) is 9.53 Å². The summed E-state index contributed by atoms with van der Waals surface area (Å²) in [4.78, 5) is 13.5. The van der Waals surface area contributed by atoms with Crippen molar-refractivity contribution in [3.63, 3.8) is 0 Å². The Kier molecular flexibility index (Phi) is 3.57. The van der Waals surface area contributed by atoms with Crippen molar-refractivity contribution >= 4 is 5.91 Å². The second-order valence-electron chi connectivity index (χ2n) is 4.17. The van der Waals surface area contributed by atoms with Gasteiger partial charge in [-0.05, 0) is 12.0 Å². The molecule has 0 N–H and O–H groups in total. The molecule has 86 valence electrons. The first-order chi connectivity index (χ1) is 7.81. The van der Waals surface area contributed by atoms with E-state index in [1.165, 1.54) is 5.56 Å². The maximum Gasteiger partial charge on any atom is 0.248 e. The molecule has 1 fully saturated rings. The fraction of sp³-hybridized carbons (Fsp3) is 0.462. The largest absolute Gasteiger partial charge is 0.375 e. The lowest BCUT2D eigenvalue weighted by molar-refractivity contribution is -0.134. The zero-order valence-electron chi connectivity index (χ0n) is 9.56. The van der Waals surface area contributed by atoms with E-state index < -0.39 is 0 Å². The van der Waals surface area contributed by atoms with Crippen LogP contribution in [0.1, 0.15) is 17.9 Å². The highest BCUT2D eigenvalue weighted by Gasteiger charge is 2.26. The van der Waals surface area contributed by atoms with Gasteiger partial charge in [0, 0.05) is 26.1 Å². The highest BCUT2D eigenvalue weighted by atomic mass is 16.5. The summed E-state index contributed by atoms with van der Waals surface area (Å²) >= 11 is 0. The van der Waals surface area contributed by atoms with E-state index >= 15 is 0 Å². The van der Waals surface area contributed by atoms with Crippen LogP contribution in [0.3, 0.4) is 0 Å². The number of hydrogen-bond donors (Lipinski definition) is 0. The number of rotatable bonds is 3. The van der Waals surface area contributed by atoms with Crippen molar-refractivity contribution < 1.29 is 9.53 Å². The van der Waals surface area contributed by atoms with E-state index in [-0.39, 0.29) is 12.5 Å². The van der Waals surface area contributed by atoms with E-state index in [0.29, 0.717) is 5.92 Å². The Labute approximate surface area is 96.0 Å². The van der Waals surface area contributed by atoms with Crippen LogP contribution in [-0.4, -0.2) is 37.6 Å². The predicted octanol–water partition coefficient (Wildman–Crippen LogP) is 1.65.